The van der Waals surface area contributed by atoms with Gasteiger partial charge in [0.2, 0.25) is 5.79 Å². The van der Waals surface area contributed by atoms with Gasteiger partial charge in [-0.05, 0) is 54.4 Å². The van der Waals surface area contributed by atoms with Crippen LogP contribution in [-0.4, -0.2) is 22.4 Å². The summed E-state index contributed by atoms with van der Waals surface area (Å²) in [7, 11) is 0.0997. The van der Waals surface area contributed by atoms with Gasteiger partial charge in [0.05, 0.1) is 16.0 Å². The highest BCUT2D eigenvalue weighted by molar-refractivity contribution is 7.85. The molecule has 0 bridgehead atoms. The summed E-state index contributed by atoms with van der Waals surface area (Å²) in [5.74, 6) is -1.21. The van der Waals surface area contributed by atoms with Gasteiger partial charge in [-0.1, -0.05) is 65.7 Å². The standard InChI is InChI=1S/C24H22Cl2O4S/c1-23(28-2)22(31(27)21-6-4-3-5-7-21)16-24(30-29-23,17-8-12-19(25)13-9-17)18-10-14-20(26)15-11-18/h3-15,22H,16H2,1-2H3/t22-,23-,31?/m0/s1. The maximum absolute atomic E-state index is 13.7. The largest absolute Gasteiger partial charge is 0.350 e. The van der Waals surface area contributed by atoms with E-state index < -0.39 is 27.4 Å². The van der Waals surface area contributed by atoms with Crippen LogP contribution in [0.5, 0.6) is 0 Å². The number of hydrogen-bond donors (Lipinski definition) is 0. The Morgan fingerprint density at radius 3 is 1.87 bits per heavy atom. The van der Waals surface area contributed by atoms with Crippen LogP contribution in [0.15, 0.2) is 83.8 Å². The average molecular weight is 477 g/mol. The van der Waals surface area contributed by atoms with Gasteiger partial charge in [0, 0.05) is 28.5 Å². The SMILES string of the molecule is CO[C@@]1(C)OOC(c2ccc(Cl)cc2)(c2ccc(Cl)cc2)C[C@@H]1S(=O)c1ccccc1. The van der Waals surface area contributed by atoms with E-state index >= 15 is 0 Å². The van der Waals surface area contributed by atoms with E-state index in [0.29, 0.717) is 21.4 Å². The van der Waals surface area contributed by atoms with Gasteiger partial charge in [0.25, 0.3) is 0 Å². The van der Waals surface area contributed by atoms with E-state index in [0.717, 1.165) is 11.1 Å². The minimum Gasteiger partial charge on any atom is -0.350 e. The second-order valence-electron chi connectivity index (χ2n) is 7.53. The predicted octanol–water partition coefficient (Wildman–Crippen LogP) is 6.13. The Hall–Kier alpha value is -1.73. The topological polar surface area (TPSA) is 44.8 Å². The molecule has 1 aliphatic rings. The van der Waals surface area contributed by atoms with Crippen molar-refractivity contribution < 1.29 is 18.7 Å². The molecule has 3 aromatic carbocycles. The molecular formula is C24H22Cl2O4S. The monoisotopic (exact) mass is 476 g/mol. The Morgan fingerprint density at radius 1 is 0.871 bits per heavy atom. The van der Waals surface area contributed by atoms with E-state index in [1.54, 1.807) is 31.2 Å². The molecule has 0 N–H and O–H groups in total. The molecule has 3 atom stereocenters. The van der Waals surface area contributed by atoms with Crippen molar-refractivity contribution in [2.45, 2.75) is 34.9 Å². The summed E-state index contributed by atoms with van der Waals surface area (Å²) >= 11 is 12.3. The van der Waals surface area contributed by atoms with Crippen molar-refractivity contribution in [1.29, 1.82) is 0 Å². The number of hydrogen-bond acceptors (Lipinski definition) is 4. The van der Waals surface area contributed by atoms with Gasteiger partial charge in [-0.25, -0.2) is 4.89 Å². The summed E-state index contributed by atoms with van der Waals surface area (Å²) in [6.45, 7) is 1.74. The lowest BCUT2D eigenvalue weighted by Gasteiger charge is -2.47. The lowest BCUT2D eigenvalue weighted by molar-refractivity contribution is -0.478. The Balaban J connectivity index is 1.84. The van der Waals surface area contributed by atoms with Crippen LogP contribution in [0.4, 0.5) is 0 Å². The summed E-state index contributed by atoms with van der Waals surface area (Å²) in [6.07, 6.45) is 0.349. The first-order valence-corrected chi connectivity index (χ1v) is 11.7. The molecule has 0 spiro atoms. The summed E-state index contributed by atoms with van der Waals surface area (Å²) in [6, 6.07) is 24.0. The number of benzene rings is 3. The molecule has 0 aliphatic carbocycles. The van der Waals surface area contributed by atoms with Crippen LogP contribution in [0.2, 0.25) is 10.0 Å². The molecule has 0 amide bonds. The number of ether oxygens (including phenoxy) is 1. The van der Waals surface area contributed by atoms with E-state index in [-0.39, 0.29) is 0 Å². The van der Waals surface area contributed by atoms with Gasteiger partial charge in [0.15, 0.2) is 5.60 Å². The smallest absolute Gasteiger partial charge is 0.213 e. The highest BCUT2D eigenvalue weighted by Crippen LogP contribution is 2.48. The van der Waals surface area contributed by atoms with E-state index in [2.05, 4.69) is 0 Å². The van der Waals surface area contributed by atoms with E-state index in [1.165, 1.54) is 7.11 Å². The summed E-state index contributed by atoms with van der Waals surface area (Å²) < 4.78 is 19.3. The predicted molar refractivity (Wildman–Crippen MR) is 123 cm³/mol. The minimum absolute atomic E-state index is 0.349. The van der Waals surface area contributed by atoms with Crippen LogP contribution in [0, 0.1) is 0 Å². The van der Waals surface area contributed by atoms with Gasteiger partial charge in [-0.15, -0.1) is 0 Å². The first-order chi connectivity index (χ1) is 14.9. The third kappa shape index (κ3) is 4.31. The molecule has 0 radical (unpaired) electrons. The lowest BCUT2D eigenvalue weighted by Crippen LogP contribution is -2.56. The molecule has 1 aliphatic heterocycles. The normalized spacial score (nSPS) is 23.9. The van der Waals surface area contributed by atoms with Crippen molar-refractivity contribution in [3.05, 3.63) is 100 Å². The van der Waals surface area contributed by atoms with Gasteiger partial charge < -0.3 is 4.74 Å². The van der Waals surface area contributed by atoms with E-state index in [4.69, 9.17) is 37.7 Å². The Labute approximate surface area is 194 Å². The maximum Gasteiger partial charge on any atom is 0.213 e. The van der Waals surface area contributed by atoms with Crippen molar-refractivity contribution in [3.63, 3.8) is 0 Å². The van der Waals surface area contributed by atoms with Crippen LogP contribution < -0.4 is 0 Å². The second-order valence-corrected chi connectivity index (χ2v) is 10.0. The first kappa shape index (κ1) is 22.5. The fourth-order valence-electron chi connectivity index (χ4n) is 3.78. The van der Waals surface area contributed by atoms with Gasteiger partial charge in [-0.2, -0.15) is 4.89 Å². The third-order valence-corrected chi connectivity index (χ3v) is 8.02. The molecule has 1 fully saturated rings. The van der Waals surface area contributed by atoms with Crippen LogP contribution in [0.3, 0.4) is 0 Å². The van der Waals surface area contributed by atoms with Crippen molar-refractivity contribution in [3.8, 4) is 0 Å². The molecule has 4 nitrogen and oxygen atoms in total. The number of methoxy groups -OCH3 is 1. The second kappa shape index (κ2) is 9.02. The van der Waals surface area contributed by atoms with Crippen molar-refractivity contribution in [2.24, 2.45) is 0 Å². The summed E-state index contributed by atoms with van der Waals surface area (Å²) in [5.41, 5.74) is 0.627. The molecule has 1 unspecified atom stereocenters. The first-order valence-electron chi connectivity index (χ1n) is 9.78. The minimum atomic E-state index is -1.42. The zero-order valence-corrected chi connectivity index (χ0v) is 19.4. The average Bonchev–Trinajstić information content (AvgIpc) is 2.81. The molecule has 1 heterocycles. The third-order valence-electron chi connectivity index (χ3n) is 5.67. The quantitative estimate of drug-likeness (QED) is 0.415. The molecule has 0 saturated carbocycles. The molecule has 3 aromatic rings. The Bertz CT molecular complexity index is 1010. The van der Waals surface area contributed by atoms with Crippen molar-refractivity contribution >= 4 is 34.0 Å². The fourth-order valence-corrected chi connectivity index (χ4v) is 5.70. The lowest BCUT2D eigenvalue weighted by atomic mass is 9.80. The van der Waals surface area contributed by atoms with E-state index in [1.807, 2.05) is 54.6 Å². The molecular weight excluding hydrogens is 455 g/mol. The zero-order chi connectivity index (χ0) is 22.1. The maximum atomic E-state index is 13.7. The highest BCUT2D eigenvalue weighted by Gasteiger charge is 2.54. The number of rotatable bonds is 5. The van der Waals surface area contributed by atoms with Crippen molar-refractivity contribution in [1.82, 2.24) is 0 Å². The Morgan fingerprint density at radius 2 is 1.39 bits per heavy atom. The Kier molecular flexibility index (Phi) is 6.54. The zero-order valence-electron chi connectivity index (χ0n) is 17.1. The molecule has 162 valence electrons. The van der Waals surface area contributed by atoms with E-state index in [9.17, 15) is 4.21 Å². The molecule has 1 saturated heterocycles. The van der Waals surface area contributed by atoms with Crippen LogP contribution in [0.25, 0.3) is 0 Å². The summed E-state index contributed by atoms with van der Waals surface area (Å²) in [4.78, 5) is 12.7. The fraction of sp³-hybridized carbons (Fsp3) is 0.250. The number of halogens is 2. The van der Waals surface area contributed by atoms with Crippen LogP contribution in [0.1, 0.15) is 24.5 Å². The van der Waals surface area contributed by atoms with Crippen LogP contribution in [-0.2, 0) is 30.9 Å². The van der Waals surface area contributed by atoms with Gasteiger partial charge in [-0.3, -0.25) is 4.21 Å². The molecule has 7 heteroatoms. The molecule has 4 rings (SSSR count). The highest BCUT2D eigenvalue weighted by atomic mass is 35.5. The summed E-state index contributed by atoms with van der Waals surface area (Å²) in [5, 5.41) is 0.691. The van der Waals surface area contributed by atoms with Crippen molar-refractivity contribution in [2.75, 3.05) is 7.11 Å². The van der Waals surface area contributed by atoms with Crippen LogP contribution >= 0.6 is 23.2 Å². The molecule has 0 aromatic heterocycles. The molecule has 31 heavy (non-hydrogen) atoms. The van der Waals surface area contributed by atoms with Gasteiger partial charge in [0.1, 0.15) is 0 Å². The van der Waals surface area contributed by atoms with Gasteiger partial charge >= 0.3 is 0 Å².